The Morgan fingerprint density at radius 3 is 2.58 bits per heavy atom. The molecule has 1 heterocycles. The summed E-state index contributed by atoms with van der Waals surface area (Å²) in [7, 11) is 1.86. The van der Waals surface area contributed by atoms with Gasteiger partial charge in [0.2, 0.25) is 5.91 Å². The molecule has 2 unspecified atom stereocenters. The molecular formula is C15H25N3O. The highest BCUT2D eigenvalue weighted by Crippen LogP contribution is 2.29. The largest absolute Gasteiger partial charge is 0.344 e. The molecule has 1 saturated carbocycles. The lowest BCUT2D eigenvalue weighted by Gasteiger charge is -2.41. The van der Waals surface area contributed by atoms with Crippen molar-refractivity contribution in [2.45, 2.75) is 70.0 Å². The van der Waals surface area contributed by atoms with Gasteiger partial charge in [0.25, 0.3) is 0 Å². The second-order valence-corrected chi connectivity index (χ2v) is 6.01. The Morgan fingerprint density at radius 1 is 1.26 bits per heavy atom. The summed E-state index contributed by atoms with van der Waals surface area (Å²) in [5, 5.41) is 9.07. The molecule has 4 heteroatoms. The standard InChI is InChI=1S/C15H25N3O/c1-12-9-11-17(2)15(19)14(8-10-16)18(12)13-6-4-3-5-7-13/h12-14H,3-9,11H2,1-2H3. The molecule has 0 N–H and O–H groups in total. The first-order valence-electron chi connectivity index (χ1n) is 7.54. The number of hydrogen-bond acceptors (Lipinski definition) is 3. The summed E-state index contributed by atoms with van der Waals surface area (Å²) >= 11 is 0. The monoisotopic (exact) mass is 263 g/mol. The molecule has 0 radical (unpaired) electrons. The number of rotatable bonds is 2. The van der Waals surface area contributed by atoms with Gasteiger partial charge in [-0.05, 0) is 26.2 Å². The third kappa shape index (κ3) is 3.09. The fourth-order valence-corrected chi connectivity index (χ4v) is 3.60. The van der Waals surface area contributed by atoms with Crippen LogP contribution in [0.15, 0.2) is 0 Å². The Balaban J connectivity index is 2.22. The molecule has 1 aliphatic heterocycles. The van der Waals surface area contributed by atoms with E-state index in [0.29, 0.717) is 18.5 Å². The number of nitriles is 1. The van der Waals surface area contributed by atoms with E-state index in [-0.39, 0.29) is 11.9 Å². The predicted octanol–water partition coefficient (Wildman–Crippen LogP) is 2.15. The van der Waals surface area contributed by atoms with Crippen molar-refractivity contribution in [2.24, 2.45) is 0 Å². The summed E-state index contributed by atoms with van der Waals surface area (Å²) in [6, 6.07) is 2.89. The van der Waals surface area contributed by atoms with Gasteiger partial charge in [0.15, 0.2) is 0 Å². The van der Waals surface area contributed by atoms with E-state index in [1.165, 1.54) is 32.1 Å². The van der Waals surface area contributed by atoms with Crippen molar-refractivity contribution in [1.29, 1.82) is 5.26 Å². The molecule has 2 rings (SSSR count). The number of likely N-dealkylation sites (N-methyl/N-ethyl adjacent to an activating group) is 1. The Morgan fingerprint density at radius 2 is 1.95 bits per heavy atom. The summed E-state index contributed by atoms with van der Waals surface area (Å²) in [4.78, 5) is 16.6. The molecule has 4 nitrogen and oxygen atoms in total. The second kappa shape index (κ2) is 6.38. The maximum atomic E-state index is 12.5. The van der Waals surface area contributed by atoms with Gasteiger partial charge in [-0.3, -0.25) is 9.69 Å². The van der Waals surface area contributed by atoms with Gasteiger partial charge in [-0.2, -0.15) is 5.26 Å². The Labute approximate surface area is 116 Å². The molecule has 2 atom stereocenters. The fourth-order valence-electron chi connectivity index (χ4n) is 3.60. The smallest absolute Gasteiger partial charge is 0.240 e. The van der Waals surface area contributed by atoms with E-state index in [1.807, 2.05) is 7.05 Å². The van der Waals surface area contributed by atoms with Crippen LogP contribution in [-0.4, -0.2) is 47.4 Å². The predicted molar refractivity (Wildman–Crippen MR) is 74.4 cm³/mol. The van der Waals surface area contributed by atoms with Crippen molar-refractivity contribution in [3.05, 3.63) is 0 Å². The van der Waals surface area contributed by atoms with Crippen LogP contribution in [0.3, 0.4) is 0 Å². The van der Waals surface area contributed by atoms with Gasteiger partial charge in [0.05, 0.1) is 12.5 Å². The van der Waals surface area contributed by atoms with Crippen LogP contribution in [0.2, 0.25) is 0 Å². The van der Waals surface area contributed by atoms with E-state index < -0.39 is 0 Å². The van der Waals surface area contributed by atoms with Crippen LogP contribution in [0.5, 0.6) is 0 Å². The lowest BCUT2D eigenvalue weighted by molar-refractivity contribution is -0.135. The summed E-state index contributed by atoms with van der Waals surface area (Å²) < 4.78 is 0. The molecule has 0 spiro atoms. The third-order valence-electron chi connectivity index (χ3n) is 4.69. The molecule has 1 saturated heterocycles. The van der Waals surface area contributed by atoms with Crippen molar-refractivity contribution < 1.29 is 4.79 Å². The normalized spacial score (nSPS) is 31.0. The van der Waals surface area contributed by atoms with E-state index in [1.54, 1.807) is 4.90 Å². The molecule has 0 bridgehead atoms. The number of carbonyl (C=O) groups is 1. The van der Waals surface area contributed by atoms with Crippen LogP contribution in [0.25, 0.3) is 0 Å². The molecule has 2 fully saturated rings. The molecule has 0 aromatic rings. The highest BCUT2D eigenvalue weighted by Gasteiger charge is 2.38. The maximum Gasteiger partial charge on any atom is 0.240 e. The molecule has 106 valence electrons. The summed E-state index contributed by atoms with van der Waals surface area (Å²) in [6.07, 6.45) is 7.54. The first-order chi connectivity index (χ1) is 9.15. The van der Waals surface area contributed by atoms with Gasteiger partial charge in [-0.1, -0.05) is 19.3 Å². The van der Waals surface area contributed by atoms with Crippen LogP contribution < -0.4 is 0 Å². The first kappa shape index (κ1) is 14.3. The summed E-state index contributed by atoms with van der Waals surface area (Å²) in [5.74, 6) is 0.136. The van der Waals surface area contributed by atoms with E-state index in [2.05, 4.69) is 17.9 Å². The highest BCUT2D eigenvalue weighted by atomic mass is 16.2. The summed E-state index contributed by atoms with van der Waals surface area (Å²) in [6.45, 7) is 3.02. The molecule has 1 amide bonds. The van der Waals surface area contributed by atoms with E-state index >= 15 is 0 Å². The van der Waals surface area contributed by atoms with Crippen molar-refractivity contribution in [1.82, 2.24) is 9.80 Å². The zero-order valence-corrected chi connectivity index (χ0v) is 12.1. The van der Waals surface area contributed by atoms with Crippen molar-refractivity contribution in [3.63, 3.8) is 0 Å². The van der Waals surface area contributed by atoms with Crippen LogP contribution in [0.1, 0.15) is 51.9 Å². The minimum Gasteiger partial charge on any atom is -0.344 e. The number of hydrogen-bond donors (Lipinski definition) is 0. The zero-order chi connectivity index (χ0) is 13.8. The van der Waals surface area contributed by atoms with Gasteiger partial charge in [-0.25, -0.2) is 0 Å². The third-order valence-corrected chi connectivity index (χ3v) is 4.69. The van der Waals surface area contributed by atoms with E-state index in [4.69, 9.17) is 5.26 Å². The molecule has 0 aromatic carbocycles. The lowest BCUT2D eigenvalue weighted by Crippen LogP contribution is -2.52. The van der Waals surface area contributed by atoms with Gasteiger partial charge in [-0.15, -0.1) is 0 Å². The molecule has 1 aliphatic carbocycles. The van der Waals surface area contributed by atoms with Crippen molar-refractivity contribution in [2.75, 3.05) is 13.6 Å². The first-order valence-corrected chi connectivity index (χ1v) is 7.54. The van der Waals surface area contributed by atoms with Crippen LogP contribution in [0, 0.1) is 11.3 Å². The van der Waals surface area contributed by atoms with Gasteiger partial charge >= 0.3 is 0 Å². The number of amides is 1. The van der Waals surface area contributed by atoms with Crippen LogP contribution >= 0.6 is 0 Å². The van der Waals surface area contributed by atoms with E-state index in [0.717, 1.165) is 13.0 Å². The van der Waals surface area contributed by atoms with Crippen molar-refractivity contribution >= 4 is 5.91 Å². The number of nitrogens with zero attached hydrogens (tertiary/aromatic N) is 3. The lowest BCUT2D eigenvalue weighted by atomic mass is 9.91. The van der Waals surface area contributed by atoms with Gasteiger partial charge in [0.1, 0.15) is 6.04 Å². The fraction of sp³-hybridized carbons (Fsp3) is 0.867. The second-order valence-electron chi connectivity index (χ2n) is 6.01. The zero-order valence-electron chi connectivity index (χ0n) is 12.1. The molecule has 19 heavy (non-hydrogen) atoms. The molecular weight excluding hydrogens is 238 g/mol. The topological polar surface area (TPSA) is 47.3 Å². The number of carbonyl (C=O) groups excluding carboxylic acids is 1. The van der Waals surface area contributed by atoms with Crippen LogP contribution in [-0.2, 0) is 4.79 Å². The average molecular weight is 263 g/mol. The molecule has 0 aromatic heterocycles. The molecule has 2 aliphatic rings. The van der Waals surface area contributed by atoms with E-state index in [9.17, 15) is 4.79 Å². The van der Waals surface area contributed by atoms with Crippen molar-refractivity contribution in [3.8, 4) is 6.07 Å². The Hall–Kier alpha value is -1.08. The summed E-state index contributed by atoms with van der Waals surface area (Å²) in [5.41, 5.74) is 0. The SMILES string of the molecule is CC1CCN(C)C(=O)C(CC#N)N1C1CCCCC1. The Kier molecular flexibility index (Phi) is 4.81. The minimum absolute atomic E-state index is 0.136. The van der Waals surface area contributed by atoms with Gasteiger partial charge in [0, 0.05) is 25.7 Å². The quantitative estimate of drug-likeness (QED) is 0.767. The van der Waals surface area contributed by atoms with Gasteiger partial charge < -0.3 is 4.90 Å². The Bertz CT molecular complexity index is 357. The maximum absolute atomic E-state index is 12.5. The van der Waals surface area contributed by atoms with Crippen LogP contribution in [0.4, 0.5) is 0 Å². The highest BCUT2D eigenvalue weighted by molar-refractivity contribution is 5.82. The minimum atomic E-state index is -0.226. The average Bonchev–Trinajstić information content (AvgIpc) is 2.53.